The molecule has 2 amide bonds. The van der Waals surface area contributed by atoms with Gasteiger partial charge in [-0.3, -0.25) is 4.98 Å². The Hall–Kier alpha value is -4.41. The molecular weight excluding hydrogens is 536 g/mol. The van der Waals surface area contributed by atoms with Crippen LogP contribution in [0.25, 0.3) is 22.5 Å². The second-order valence-electron chi connectivity index (χ2n) is 12.2. The lowest BCUT2D eigenvalue weighted by molar-refractivity contribution is 0.0476. The molecule has 2 atom stereocenters. The summed E-state index contributed by atoms with van der Waals surface area (Å²) in [5, 5.41) is 5.92. The number of carbonyl (C=O) groups is 2. The summed E-state index contributed by atoms with van der Waals surface area (Å²) < 4.78 is 16.3. The molecule has 3 aromatic rings. The Morgan fingerprint density at radius 3 is 1.71 bits per heavy atom. The Morgan fingerprint density at radius 2 is 1.26 bits per heavy atom. The molecule has 1 aliphatic rings. The number of alkyl carbamates (subject to hydrolysis) is 2. The smallest absolute Gasteiger partial charge is 0.407 e. The van der Waals surface area contributed by atoms with Crippen LogP contribution in [0.2, 0.25) is 0 Å². The van der Waals surface area contributed by atoms with Gasteiger partial charge >= 0.3 is 12.2 Å². The number of hydrogen-bond acceptors (Lipinski definition) is 9. The van der Waals surface area contributed by atoms with Crippen LogP contribution in [0.15, 0.2) is 54.9 Å². The normalized spacial score (nSPS) is 17.3. The number of benzene rings is 1. The summed E-state index contributed by atoms with van der Waals surface area (Å²) >= 11 is 0. The Bertz CT molecular complexity index is 1330. The highest BCUT2D eigenvalue weighted by Crippen LogP contribution is 2.29. The van der Waals surface area contributed by atoms with E-state index in [2.05, 4.69) is 15.6 Å². The zero-order valence-electron chi connectivity index (χ0n) is 25.3. The van der Waals surface area contributed by atoms with Crippen molar-refractivity contribution in [2.45, 2.75) is 71.2 Å². The van der Waals surface area contributed by atoms with E-state index in [1.807, 2.05) is 88.9 Å². The molecule has 2 N–H and O–H groups in total. The fraction of sp³-hybridized carbons (Fsp3) is 0.452. The van der Waals surface area contributed by atoms with Crippen LogP contribution in [0, 0.1) is 0 Å². The number of carbonyl (C=O) groups excluding carboxylic acids is 2. The minimum Gasteiger partial charge on any atom is -0.497 e. The number of amides is 2. The number of pyridine rings is 1. The van der Waals surface area contributed by atoms with Crippen LogP contribution in [-0.4, -0.2) is 70.6 Å². The number of rotatable bonds is 6. The van der Waals surface area contributed by atoms with E-state index in [-0.39, 0.29) is 12.1 Å². The van der Waals surface area contributed by atoms with Gasteiger partial charge in [-0.2, -0.15) is 0 Å². The number of nitrogens with zero attached hydrogens (tertiary/aromatic N) is 4. The van der Waals surface area contributed by atoms with Crippen LogP contribution < -0.4 is 20.3 Å². The summed E-state index contributed by atoms with van der Waals surface area (Å²) in [6.45, 7) is 11.7. The van der Waals surface area contributed by atoms with E-state index < -0.39 is 23.4 Å². The summed E-state index contributed by atoms with van der Waals surface area (Å²) in [6.07, 6.45) is 2.84. The van der Waals surface area contributed by atoms with E-state index >= 15 is 0 Å². The Labute approximate surface area is 247 Å². The number of aromatic nitrogens is 3. The van der Waals surface area contributed by atoms with Crippen LogP contribution in [0.5, 0.6) is 5.75 Å². The van der Waals surface area contributed by atoms with Gasteiger partial charge in [-0.15, -0.1) is 0 Å². The Morgan fingerprint density at radius 1 is 0.786 bits per heavy atom. The molecule has 11 heteroatoms. The first-order valence-corrected chi connectivity index (χ1v) is 14.0. The van der Waals surface area contributed by atoms with Gasteiger partial charge in [0.15, 0.2) is 0 Å². The van der Waals surface area contributed by atoms with E-state index in [1.54, 1.807) is 19.5 Å². The minimum atomic E-state index is -0.651. The average molecular weight is 577 g/mol. The number of piperidine rings is 1. The zero-order chi connectivity index (χ0) is 30.5. The standard InChI is InChI=1S/C31H40N6O5/c1-30(2,3)41-28(38)33-22-16-23(34-29(39)42-31(4,5)6)19-37(18-22)27-35-25(20-8-10-24(40-7)11-9-20)17-26(36-27)21-12-14-32-15-13-21/h8-15,17,22-23H,16,18-19H2,1-7H3,(H,33,38)(H,34,39)/t22-,23+. The third kappa shape index (κ3) is 8.79. The maximum Gasteiger partial charge on any atom is 0.407 e. The summed E-state index contributed by atoms with van der Waals surface area (Å²) in [7, 11) is 1.62. The summed E-state index contributed by atoms with van der Waals surface area (Å²) in [5.41, 5.74) is 1.90. The van der Waals surface area contributed by atoms with Gasteiger partial charge in [0.05, 0.1) is 30.6 Å². The number of nitrogens with one attached hydrogen (secondary N) is 2. The number of methoxy groups -OCH3 is 1. The van der Waals surface area contributed by atoms with Crippen molar-refractivity contribution >= 4 is 18.1 Å². The fourth-order valence-corrected chi connectivity index (χ4v) is 4.58. The minimum absolute atomic E-state index is 0.355. The van der Waals surface area contributed by atoms with Crippen LogP contribution in [0.1, 0.15) is 48.0 Å². The van der Waals surface area contributed by atoms with Crippen LogP contribution in [-0.2, 0) is 9.47 Å². The third-order valence-corrected chi connectivity index (χ3v) is 6.25. The first-order valence-electron chi connectivity index (χ1n) is 14.0. The van der Waals surface area contributed by atoms with Crippen molar-refractivity contribution in [3.8, 4) is 28.3 Å². The summed E-state index contributed by atoms with van der Waals surface area (Å²) in [6, 6.07) is 12.6. The van der Waals surface area contributed by atoms with Gasteiger partial charge < -0.3 is 29.7 Å². The molecule has 42 heavy (non-hydrogen) atoms. The lowest BCUT2D eigenvalue weighted by Crippen LogP contribution is -2.58. The van der Waals surface area contributed by atoms with Gasteiger partial charge in [0.2, 0.25) is 5.95 Å². The number of anilines is 1. The largest absolute Gasteiger partial charge is 0.497 e. The topological polar surface area (TPSA) is 128 Å². The van der Waals surface area contributed by atoms with E-state index in [0.29, 0.717) is 36.8 Å². The molecule has 0 saturated carbocycles. The van der Waals surface area contributed by atoms with Gasteiger partial charge in [0.1, 0.15) is 17.0 Å². The van der Waals surface area contributed by atoms with Gasteiger partial charge in [-0.05, 0) is 90.4 Å². The molecular formula is C31H40N6O5. The van der Waals surface area contributed by atoms with Gasteiger partial charge in [-0.1, -0.05) is 0 Å². The molecule has 0 aliphatic carbocycles. The molecule has 0 bridgehead atoms. The lowest BCUT2D eigenvalue weighted by Gasteiger charge is -2.38. The van der Waals surface area contributed by atoms with Crippen LogP contribution in [0.4, 0.5) is 15.5 Å². The van der Waals surface area contributed by atoms with Crippen molar-refractivity contribution in [2.75, 3.05) is 25.1 Å². The average Bonchev–Trinajstić information content (AvgIpc) is 2.91. The van der Waals surface area contributed by atoms with Gasteiger partial charge in [-0.25, -0.2) is 19.6 Å². The fourth-order valence-electron chi connectivity index (χ4n) is 4.58. The van der Waals surface area contributed by atoms with E-state index in [1.165, 1.54) is 0 Å². The Balaban J connectivity index is 1.69. The van der Waals surface area contributed by atoms with Crippen molar-refractivity contribution in [2.24, 2.45) is 0 Å². The van der Waals surface area contributed by atoms with Crippen molar-refractivity contribution in [3.05, 3.63) is 54.9 Å². The molecule has 0 unspecified atom stereocenters. The molecule has 1 fully saturated rings. The molecule has 0 spiro atoms. The SMILES string of the molecule is COc1ccc(-c2cc(-c3ccncc3)nc(N3C[C@H](NC(=O)OC(C)(C)C)C[C@H](NC(=O)OC(C)(C)C)C3)n2)cc1. The van der Waals surface area contributed by atoms with Crippen molar-refractivity contribution in [3.63, 3.8) is 0 Å². The maximum absolute atomic E-state index is 12.7. The maximum atomic E-state index is 12.7. The molecule has 0 radical (unpaired) electrons. The molecule has 224 valence electrons. The first-order chi connectivity index (χ1) is 19.8. The predicted molar refractivity (Wildman–Crippen MR) is 160 cm³/mol. The van der Waals surface area contributed by atoms with Gasteiger partial charge in [0, 0.05) is 36.6 Å². The molecule has 1 aromatic carbocycles. The van der Waals surface area contributed by atoms with E-state index in [9.17, 15) is 9.59 Å². The monoisotopic (exact) mass is 576 g/mol. The van der Waals surface area contributed by atoms with Crippen molar-refractivity contribution in [1.29, 1.82) is 0 Å². The summed E-state index contributed by atoms with van der Waals surface area (Å²) in [4.78, 5) is 41.3. The second-order valence-corrected chi connectivity index (χ2v) is 12.2. The van der Waals surface area contributed by atoms with Crippen LogP contribution >= 0.6 is 0 Å². The van der Waals surface area contributed by atoms with Crippen molar-refractivity contribution < 1.29 is 23.8 Å². The van der Waals surface area contributed by atoms with E-state index in [0.717, 1.165) is 16.9 Å². The third-order valence-electron chi connectivity index (χ3n) is 6.25. The molecule has 1 aliphatic heterocycles. The predicted octanol–water partition coefficient (Wildman–Crippen LogP) is 5.21. The van der Waals surface area contributed by atoms with E-state index in [4.69, 9.17) is 24.2 Å². The number of hydrogen-bond donors (Lipinski definition) is 2. The second kappa shape index (κ2) is 12.6. The van der Waals surface area contributed by atoms with Crippen LogP contribution in [0.3, 0.4) is 0 Å². The lowest BCUT2D eigenvalue weighted by atomic mass is 10.0. The molecule has 4 rings (SSSR count). The Kier molecular flexibility index (Phi) is 9.18. The molecule has 2 aromatic heterocycles. The van der Waals surface area contributed by atoms with Crippen molar-refractivity contribution in [1.82, 2.24) is 25.6 Å². The number of ether oxygens (including phenoxy) is 3. The highest BCUT2D eigenvalue weighted by Gasteiger charge is 2.33. The highest BCUT2D eigenvalue weighted by atomic mass is 16.6. The molecule has 1 saturated heterocycles. The quantitative estimate of drug-likeness (QED) is 0.406. The highest BCUT2D eigenvalue weighted by molar-refractivity contribution is 5.71. The zero-order valence-corrected chi connectivity index (χ0v) is 25.3. The summed E-state index contributed by atoms with van der Waals surface area (Å²) in [5.74, 6) is 1.20. The molecule has 11 nitrogen and oxygen atoms in total. The van der Waals surface area contributed by atoms with Gasteiger partial charge in [0.25, 0.3) is 0 Å². The first kappa shape index (κ1) is 30.5. The molecule has 3 heterocycles.